The van der Waals surface area contributed by atoms with Crippen molar-refractivity contribution >= 4 is 44.9 Å². The number of fused-ring (bicyclic) bond motifs is 1. The van der Waals surface area contributed by atoms with E-state index in [-0.39, 0.29) is 5.56 Å². The van der Waals surface area contributed by atoms with Gasteiger partial charge in [0.2, 0.25) is 0 Å². The Hall–Kier alpha value is -2.08. The smallest absolute Gasteiger partial charge is 0.267 e. The SMILES string of the molecule is CCCc1sc2nc(SCc3ccc(Cl)cc3)n(-c3ccc(C)c(C)c3)c(=O)c2c1C. The van der Waals surface area contributed by atoms with Gasteiger partial charge in [-0.2, -0.15) is 0 Å². The number of halogens is 1. The van der Waals surface area contributed by atoms with Gasteiger partial charge in [0, 0.05) is 15.7 Å². The van der Waals surface area contributed by atoms with Crippen molar-refractivity contribution in [2.45, 2.75) is 51.4 Å². The number of nitrogens with zero attached hydrogens (tertiary/aromatic N) is 2. The average Bonchev–Trinajstić information content (AvgIpc) is 3.06. The van der Waals surface area contributed by atoms with Crippen molar-refractivity contribution < 1.29 is 0 Å². The zero-order valence-corrected chi connectivity index (χ0v) is 20.5. The molecule has 4 rings (SSSR count). The second-order valence-corrected chi connectivity index (χ2v) is 10.3. The molecule has 0 amide bonds. The van der Waals surface area contributed by atoms with Crippen LogP contribution in [0.5, 0.6) is 0 Å². The van der Waals surface area contributed by atoms with Crippen molar-refractivity contribution in [3.63, 3.8) is 0 Å². The van der Waals surface area contributed by atoms with Crippen LogP contribution in [0.2, 0.25) is 5.02 Å². The molecule has 2 aromatic heterocycles. The van der Waals surface area contributed by atoms with Crippen LogP contribution in [0.3, 0.4) is 0 Å². The van der Waals surface area contributed by atoms with Crippen LogP contribution >= 0.6 is 34.7 Å². The van der Waals surface area contributed by atoms with E-state index in [1.54, 1.807) is 27.7 Å². The Kier molecular flexibility index (Phi) is 6.56. The molecule has 0 aliphatic carbocycles. The topological polar surface area (TPSA) is 34.9 Å². The van der Waals surface area contributed by atoms with E-state index in [1.165, 1.54) is 10.4 Å². The van der Waals surface area contributed by atoms with Crippen molar-refractivity contribution in [1.29, 1.82) is 0 Å². The molecule has 0 fully saturated rings. The minimum Gasteiger partial charge on any atom is -0.268 e. The quantitative estimate of drug-likeness (QED) is 0.220. The van der Waals surface area contributed by atoms with E-state index in [2.05, 4.69) is 39.8 Å². The molecular weight excluding hydrogens is 444 g/mol. The monoisotopic (exact) mass is 468 g/mol. The summed E-state index contributed by atoms with van der Waals surface area (Å²) < 4.78 is 1.78. The second kappa shape index (κ2) is 9.19. The third kappa shape index (κ3) is 4.45. The van der Waals surface area contributed by atoms with Gasteiger partial charge in [-0.25, -0.2) is 4.98 Å². The lowest BCUT2D eigenvalue weighted by Gasteiger charge is -2.14. The minimum atomic E-state index is 0.0166. The predicted octanol–water partition coefficient (Wildman–Crippen LogP) is 7.27. The van der Waals surface area contributed by atoms with E-state index in [4.69, 9.17) is 16.6 Å². The number of aromatic nitrogens is 2. The average molecular weight is 469 g/mol. The number of thiophene rings is 1. The third-order valence-electron chi connectivity index (χ3n) is 5.54. The molecule has 0 atom stereocenters. The number of rotatable bonds is 6. The number of benzene rings is 2. The lowest BCUT2D eigenvalue weighted by molar-refractivity contribution is 0.820. The summed E-state index contributed by atoms with van der Waals surface area (Å²) in [7, 11) is 0. The van der Waals surface area contributed by atoms with Gasteiger partial charge in [-0.3, -0.25) is 9.36 Å². The van der Waals surface area contributed by atoms with Gasteiger partial charge in [0.05, 0.1) is 11.1 Å². The molecule has 160 valence electrons. The number of thioether (sulfide) groups is 1. The summed E-state index contributed by atoms with van der Waals surface area (Å²) >= 11 is 9.27. The van der Waals surface area contributed by atoms with Crippen LogP contribution in [0, 0.1) is 20.8 Å². The fourth-order valence-corrected chi connectivity index (χ4v) is 6.01. The van der Waals surface area contributed by atoms with Gasteiger partial charge >= 0.3 is 0 Å². The van der Waals surface area contributed by atoms with Gasteiger partial charge in [-0.15, -0.1) is 11.3 Å². The summed E-state index contributed by atoms with van der Waals surface area (Å²) in [5.74, 6) is 0.714. The van der Waals surface area contributed by atoms with Crippen molar-refractivity contribution in [1.82, 2.24) is 9.55 Å². The van der Waals surface area contributed by atoms with E-state index in [0.717, 1.165) is 55.6 Å². The number of aryl methyl sites for hydroxylation is 4. The molecular formula is C25H25ClN2OS2. The molecule has 2 heterocycles. The molecule has 0 unspecified atom stereocenters. The summed E-state index contributed by atoms with van der Waals surface area (Å²) in [6, 6.07) is 14.0. The van der Waals surface area contributed by atoms with Crippen molar-refractivity contribution in [2.75, 3.05) is 0 Å². The van der Waals surface area contributed by atoms with E-state index < -0.39 is 0 Å². The molecule has 2 aromatic carbocycles. The Morgan fingerprint density at radius 3 is 2.48 bits per heavy atom. The Labute approximate surface area is 196 Å². The molecule has 0 saturated carbocycles. The maximum absolute atomic E-state index is 13.7. The molecule has 0 N–H and O–H groups in total. The molecule has 0 bridgehead atoms. The molecule has 0 aliphatic heterocycles. The summed E-state index contributed by atoms with van der Waals surface area (Å²) in [5, 5.41) is 2.19. The van der Waals surface area contributed by atoms with Crippen LogP contribution in [0.1, 0.15) is 40.5 Å². The van der Waals surface area contributed by atoms with E-state index in [0.29, 0.717) is 5.75 Å². The fraction of sp³-hybridized carbons (Fsp3) is 0.280. The highest BCUT2D eigenvalue weighted by atomic mass is 35.5. The minimum absolute atomic E-state index is 0.0166. The van der Waals surface area contributed by atoms with Crippen LogP contribution in [-0.4, -0.2) is 9.55 Å². The van der Waals surface area contributed by atoms with E-state index >= 15 is 0 Å². The van der Waals surface area contributed by atoms with Gasteiger partial charge < -0.3 is 0 Å². The van der Waals surface area contributed by atoms with E-state index in [9.17, 15) is 4.79 Å². The predicted molar refractivity (Wildman–Crippen MR) is 134 cm³/mol. The normalized spacial score (nSPS) is 11.4. The first-order chi connectivity index (χ1) is 14.9. The Morgan fingerprint density at radius 1 is 1.06 bits per heavy atom. The molecule has 6 heteroatoms. The summed E-state index contributed by atoms with van der Waals surface area (Å²) in [6.45, 7) is 8.38. The molecule has 0 aliphatic rings. The first-order valence-corrected chi connectivity index (χ1v) is 12.6. The van der Waals surface area contributed by atoms with Gasteiger partial charge in [0.1, 0.15) is 4.83 Å². The Bertz CT molecular complexity index is 1310. The molecule has 4 aromatic rings. The highest BCUT2D eigenvalue weighted by Gasteiger charge is 2.19. The lowest BCUT2D eigenvalue weighted by Crippen LogP contribution is -2.21. The second-order valence-electron chi connectivity index (χ2n) is 7.80. The highest BCUT2D eigenvalue weighted by Crippen LogP contribution is 2.32. The maximum Gasteiger partial charge on any atom is 0.267 e. The van der Waals surface area contributed by atoms with Gasteiger partial charge in [0.25, 0.3) is 5.56 Å². The maximum atomic E-state index is 13.7. The van der Waals surface area contributed by atoms with Crippen LogP contribution in [0.4, 0.5) is 0 Å². The van der Waals surface area contributed by atoms with Gasteiger partial charge in [-0.05, 0) is 73.7 Å². The van der Waals surface area contributed by atoms with Crippen molar-refractivity contribution in [3.05, 3.63) is 85.0 Å². The number of hydrogen-bond donors (Lipinski definition) is 0. The standard InChI is InChI=1S/C25H25ClN2OS2/c1-5-6-21-17(4)22-23(31-21)27-25(30-14-18-8-10-19(26)11-9-18)28(24(22)29)20-12-7-15(2)16(3)13-20/h7-13H,5-6,14H2,1-4H3. The summed E-state index contributed by atoms with van der Waals surface area (Å²) in [6.07, 6.45) is 2.03. The Morgan fingerprint density at radius 2 is 1.81 bits per heavy atom. The molecule has 0 spiro atoms. The van der Waals surface area contributed by atoms with Crippen LogP contribution in [-0.2, 0) is 12.2 Å². The molecule has 0 saturated heterocycles. The summed E-state index contributed by atoms with van der Waals surface area (Å²) in [5.41, 5.74) is 5.47. The van der Waals surface area contributed by atoms with Crippen molar-refractivity contribution in [3.8, 4) is 5.69 Å². The van der Waals surface area contributed by atoms with Gasteiger partial charge in [-0.1, -0.05) is 54.9 Å². The first-order valence-electron chi connectivity index (χ1n) is 10.4. The Balaban J connectivity index is 1.87. The van der Waals surface area contributed by atoms with Crippen LogP contribution in [0.15, 0.2) is 52.4 Å². The first kappa shape index (κ1) is 22.1. The molecule has 0 radical (unpaired) electrons. The fourth-order valence-electron chi connectivity index (χ4n) is 3.59. The summed E-state index contributed by atoms with van der Waals surface area (Å²) in [4.78, 5) is 20.8. The third-order valence-corrected chi connectivity index (χ3v) is 8.05. The molecule has 3 nitrogen and oxygen atoms in total. The zero-order valence-electron chi connectivity index (χ0n) is 18.2. The van der Waals surface area contributed by atoms with Crippen LogP contribution < -0.4 is 5.56 Å². The molecule has 31 heavy (non-hydrogen) atoms. The van der Waals surface area contributed by atoms with E-state index in [1.807, 2.05) is 30.3 Å². The lowest BCUT2D eigenvalue weighted by atomic mass is 10.1. The zero-order chi connectivity index (χ0) is 22.1. The van der Waals surface area contributed by atoms with Crippen molar-refractivity contribution in [2.24, 2.45) is 0 Å². The van der Waals surface area contributed by atoms with Crippen LogP contribution in [0.25, 0.3) is 15.9 Å². The highest BCUT2D eigenvalue weighted by molar-refractivity contribution is 7.98. The largest absolute Gasteiger partial charge is 0.268 e. The van der Waals surface area contributed by atoms with Gasteiger partial charge in [0.15, 0.2) is 5.16 Å². The number of hydrogen-bond acceptors (Lipinski definition) is 4.